The van der Waals surface area contributed by atoms with E-state index in [0.717, 1.165) is 34.8 Å². The molecule has 28 heavy (non-hydrogen) atoms. The number of thiophene rings is 2. The van der Waals surface area contributed by atoms with E-state index < -0.39 is 46.0 Å². The van der Waals surface area contributed by atoms with E-state index in [-0.39, 0.29) is 9.75 Å². The number of alkyl halides is 8. The molecule has 154 valence electrons. The highest BCUT2D eigenvalue weighted by Crippen LogP contribution is 2.66. The Morgan fingerprint density at radius 1 is 0.643 bits per heavy atom. The summed E-state index contributed by atoms with van der Waals surface area (Å²) in [6, 6.07) is 2.07. The first-order chi connectivity index (χ1) is 12.6. The number of hydrogen-bond donors (Lipinski definition) is 0. The molecular formula is C16H8F8I2S2. The molecule has 2 aromatic rings. The van der Waals surface area contributed by atoms with Crippen molar-refractivity contribution in [2.75, 3.05) is 0 Å². The fourth-order valence-electron chi connectivity index (χ4n) is 3.02. The van der Waals surface area contributed by atoms with Gasteiger partial charge in [0.05, 0.1) is 5.77 Å². The molecule has 2 heterocycles. The van der Waals surface area contributed by atoms with Gasteiger partial charge in [-0.2, -0.15) is 35.1 Å². The summed E-state index contributed by atoms with van der Waals surface area (Å²) < 4.78 is 116. The third kappa shape index (κ3) is 2.90. The minimum absolute atomic E-state index is 0.0518. The Hall–Kier alpha value is 0.0400. The van der Waals surface area contributed by atoms with Crippen LogP contribution in [0.3, 0.4) is 0 Å². The Morgan fingerprint density at radius 2 is 0.929 bits per heavy atom. The maximum atomic E-state index is 14.8. The van der Waals surface area contributed by atoms with Gasteiger partial charge < -0.3 is 0 Å². The van der Waals surface area contributed by atoms with Gasteiger partial charge in [0, 0.05) is 20.9 Å². The van der Waals surface area contributed by atoms with E-state index in [2.05, 4.69) is 0 Å². The molecule has 0 spiro atoms. The molecule has 0 aromatic carbocycles. The van der Waals surface area contributed by atoms with E-state index in [0.29, 0.717) is 5.77 Å². The Labute approximate surface area is 189 Å². The average Bonchev–Trinajstić information content (AvgIpc) is 3.03. The first kappa shape index (κ1) is 22.7. The molecule has 0 N–H and O–H groups in total. The predicted molar refractivity (Wildman–Crippen MR) is 110 cm³/mol. The minimum Gasteiger partial charge on any atom is -0.194 e. The molecule has 0 bridgehead atoms. The summed E-state index contributed by atoms with van der Waals surface area (Å²) in [6.45, 7) is 2.58. The van der Waals surface area contributed by atoms with Gasteiger partial charge in [-0.1, -0.05) is 0 Å². The van der Waals surface area contributed by atoms with Gasteiger partial charge in [0.15, 0.2) is 0 Å². The Morgan fingerprint density at radius 3 is 1.14 bits per heavy atom. The first-order valence-corrected chi connectivity index (χ1v) is 11.2. The Balaban J connectivity index is 2.57. The minimum atomic E-state index is -6.28. The van der Waals surface area contributed by atoms with Gasteiger partial charge in [-0.05, 0) is 82.3 Å². The number of allylic oxidation sites excluding steroid dienone is 2. The largest absolute Gasteiger partial charge is 0.382 e. The lowest BCUT2D eigenvalue weighted by molar-refractivity contribution is -0.344. The summed E-state index contributed by atoms with van der Waals surface area (Å²) in [7, 11) is 0. The Bertz CT molecular complexity index is 909. The fourth-order valence-corrected chi connectivity index (χ4v) is 7.10. The van der Waals surface area contributed by atoms with Gasteiger partial charge in [-0.15, -0.1) is 22.7 Å². The van der Waals surface area contributed by atoms with Crippen LogP contribution in [0.25, 0.3) is 11.1 Å². The van der Waals surface area contributed by atoms with Gasteiger partial charge >= 0.3 is 23.7 Å². The maximum Gasteiger partial charge on any atom is 0.382 e. The molecular weight excluding hydrogens is 662 g/mol. The van der Waals surface area contributed by atoms with E-state index in [1.807, 2.05) is 0 Å². The standard InChI is InChI=1S/C16H8F8I2S2/c1-5-7(3-9(25)27-5)11-12(8-4-10(26)28-6(8)2)14(19,20)16(23,24)15(21,22)13(11,17)18/h3-4H,1-2H3. The van der Waals surface area contributed by atoms with Crippen LogP contribution in [0.4, 0.5) is 35.1 Å². The van der Waals surface area contributed by atoms with Crippen molar-refractivity contribution >= 4 is 79.0 Å². The maximum absolute atomic E-state index is 14.8. The lowest BCUT2D eigenvalue weighted by Crippen LogP contribution is -2.66. The van der Waals surface area contributed by atoms with Crippen LogP contribution in [0.1, 0.15) is 20.9 Å². The van der Waals surface area contributed by atoms with Gasteiger partial charge in [0.1, 0.15) is 0 Å². The van der Waals surface area contributed by atoms with Gasteiger partial charge in [-0.25, -0.2) is 0 Å². The van der Waals surface area contributed by atoms with Crippen LogP contribution in [0, 0.1) is 19.6 Å². The van der Waals surface area contributed by atoms with Crippen LogP contribution >= 0.6 is 67.9 Å². The van der Waals surface area contributed by atoms with Crippen LogP contribution in [-0.4, -0.2) is 23.7 Å². The zero-order valence-electron chi connectivity index (χ0n) is 13.8. The molecule has 0 saturated heterocycles. The second-order valence-corrected chi connectivity index (χ2v) is 12.4. The van der Waals surface area contributed by atoms with Gasteiger partial charge in [-0.3, -0.25) is 0 Å². The van der Waals surface area contributed by atoms with Crippen LogP contribution in [0.5, 0.6) is 0 Å². The van der Waals surface area contributed by atoms with Crippen molar-refractivity contribution < 1.29 is 35.1 Å². The molecule has 0 unspecified atom stereocenters. The van der Waals surface area contributed by atoms with Crippen LogP contribution in [0.2, 0.25) is 0 Å². The van der Waals surface area contributed by atoms with Crippen molar-refractivity contribution in [3.05, 3.63) is 38.8 Å². The molecule has 2 aromatic heterocycles. The second kappa shape index (κ2) is 6.77. The highest BCUT2D eigenvalue weighted by molar-refractivity contribution is 14.1. The molecule has 0 atom stereocenters. The fraction of sp³-hybridized carbons (Fsp3) is 0.375. The highest BCUT2D eigenvalue weighted by atomic mass is 127. The van der Waals surface area contributed by atoms with Crippen molar-refractivity contribution in [2.24, 2.45) is 0 Å². The summed E-state index contributed by atoms with van der Waals surface area (Å²) >= 11 is 5.27. The average molecular weight is 670 g/mol. The third-order valence-electron chi connectivity index (χ3n) is 4.38. The zero-order valence-corrected chi connectivity index (χ0v) is 19.7. The van der Waals surface area contributed by atoms with E-state index in [9.17, 15) is 35.1 Å². The van der Waals surface area contributed by atoms with Gasteiger partial charge in [0.2, 0.25) is 0 Å². The van der Waals surface area contributed by atoms with E-state index in [1.165, 1.54) is 13.8 Å². The summed E-state index contributed by atoms with van der Waals surface area (Å²) in [5, 5.41) is 0. The number of halogens is 10. The number of hydrogen-bond acceptors (Lipinski definition) is 2. The van der Waals surface area contributed by atoms with E-state index >= 15 is 0 Å². The lowest BCUT2D eigenvalue weighted by Gasteiger charge is -2.44. The SMILES string of the molecule is Cc1sc(I)cc1C1=C(c2cc(I)sc2C)C(F)(F)C(F)(F)C(F)(F)C1(F)F. The first-order valence-electron chi connectivity index (χ1n) is 7.36. The summed E-state index contributed by atoms with van der Waals surface area (Å²) in [5.74, 6) is -23.6. The molecule has 0 nitrogen and oxygen atoms in total. The van der Waals surface area contributed by atoms with Gasteiger partial charge in [0.25, 0.3) is 0 Å². The topological polar surface area (TPSA) is 0 Å². The molecule has 0 amide bonds. The van der Waals surface area contributed by atoms with Crippen molar-refractivity contribution in [1.82, 2.24) is 0 Å². The Kier molecular flexibility index (Phi) is 5.49. The van der Waals surface area contributed by atoms with Crippen molar-refractivity contribution in [2.45, 2.75) is 37.5 Å². The quantitative estimate of drug-likeness (QED) is 0.224. The predicted octanol–water partition coefficient (Wildman–Crippen LogP) is 8.10. The number of aryl methyl sites for hydroxylation is 2. The van der Waals surface area contributed by atoms with Crippen molar-refractivity contribution in [1.29, 1.82) is 0 Å². The zero-order chi connectivity index (χ0) is 21.4. The summed E-state index contributed by atoms with van der Waals surface area (Å²) in [4.78, 5) is 0.104. The van der Waals surface area contributed by atoms with Crippen molar-refractivity contribution in [3.8, 4) is 0 Å². The molecule has 3 rings (SSSR count). The molecule has 0 fully saturated rings. The smallest absolute Gasteiger partial charge is 0.194 e. The summed E-state index contributed by atoms with van der Waals surface area (Å²) in [6.07, 6.45) is 0. The normalized spacial score (nSPS) is 22.6. The molecule has 1 aliphatic rings. The monoisotopic (exact) mass is 670 g/mol. The summed E-state index contributed by atoms with van der Waals surface area (Å²) in [5.41, 5.74) is -4.65. The molecule has 0 aliphatic heterocycles. The molecule has 1 aliphatic carbocycles. The van der Waals surface area contributed by atoms with Crippen LogP contribution in [0.15, 0.2) is 12.1 Å². The lowest BCUT2D eigenvalue weighted by atomic mass is 9.75. The molecule has 12 heteroatoms. The van der Waals surface area contributed by atoms with Crippen LogP contribution in [-0.2, 0) is 0 Å². The van der Waals surface area contributed by atoms with E-state index in [1.54, 1.807) is 45.2 Å². The highest BCUT2D eigenvalue weighted by Gasteiger charge is 2.86. The molecule has 0 radical (unpaired) electrons. The number of rotatable bonds is 2. The third-order valence-corrected chi connectivity index (χ3v) is 8.00. The van der Waals surface area contributed by atoms with Crippen molar-refractivity contribution in [3.63, 3.8) is 0 Å². The van der Waals surface area contributed by atoms with E-state index in [4.69, 9.17) is 0 Å². The second-order valence-electron chi connectivity index (χ2n) is 6.09. The molecule has 0 saturated carbocycles. The van der Waals surface area contributed by atoms with Crippen LogP contribution < -0.4 is 0 Å².